The second-order valence-corrected chi connectivity index (χ2v) is 9.42. The lowest BCUT2D eigenvalue weighted by atomic mass is 10.1. The molecular formula is C26H27N5O6S. The summed E-state index contributed by atoms with van der Waals surface area (Å²) in [4.78, 5) is 51.7. The largest absolute Gasteiger partial charge is 0.462 e. The number of anilines is 1. The molecule has 0 unspecified atom stereocenters. The summed E-state index contributed by atoms with van der Waals surface area (Å²) in [6.45, 7) is 8.40. The Labute approximate surface area is 222 Å². The van der Waals surface area contributed by atoms with Crippen LogP contribution in [-0.4, -0.2) is 50.6 Å². The number of fused-ring (bicyclic) bond motifs is 1. The first-order chi connectivity index (χ1) is 18.2. The van der Waals surface area contributed by atoms with Crippen molar-refractivity contribution in [2.45, 2.75) is 41.2 Å². The highest BCUT2D eigenvalue weighted by atomic mass is 32.1. The maximum Gasteiger partial charge on any atom is 0.348 e. The van der Waals surface area contributed by atoms with Crippen molar-refractivity contribution in [3.8, 4) is 5.69 Å². The molecule has 3 aromatic heterocycles. The molecule has 0 aliphatic carbocycles. The Kier molecular flexibility index (Phi) is 7.72. The number of carbonyl (C=O) groups excluding carboxylic acids is 3. The SMILES string of the molecule is CCOC(=O)c1sc(NC(=O)Cn2nc(C)c3cnn(-c4ccccc4C)c3c2=O)c(C(=O)OCC)c1C. The normalized spacial score (nSPS) is 11.0. The second kappa shape index (κ2) is 11.0. The minimum atomic E-state index is -0.679. The maximum absolute atomic E-state index is 13.4. The van der Waals surface area contributed by atoms with Crippen LogP contribution >= 0.6 is 11.3 Å². The monoisotopic (exact) mass is 537 g/mol. The van der Waals surface area contributed by atoms with E-state index in [1.807, 2.05) is 31.2 Å². The first-order valence-electron chi connectivity index (χ1n) is 12.0. The number of benzene rings is 1. The fourth-order valence-corrected chi connectivity index (χ4v) is 5.16. The minimum absolute atomic E-state index is 0.0674. The molecule has 1 aromatic carbocycles. The van der Waals surface area contributed by atoms with Gasteiger partial charge in [0.25, 0.3) is 5.56 Å². The number of thiophene rings is 1. The van der Waals surface area contributed by atoms with Gasteiger partial charge in [-0.3, -0.25) is 9.59 Å². The standard InChI is InChI=1S/C26H27N5O6S/c1-6-36-25(34)20-15(4)22(26(35)37-7-2)38-23(20)28-19(32)13-30-24(33)21-17(16(5)29-30)12-27-31(21)18-11-9-8-10-14(18)3/h8-12H,6-7,13H2,1-5H3,(H,28,32). The maximum atomic E-state index is 13.4. The number of aromatic nitrogens is 4. The second-order valence-electron chi connectivity index (χ2n) is 8.40. The molecular weight excluding hydrogens is 510 g/mol. The van der Waals surface area contributed by atoms with Crippen molar-refractivity contribution >= 4 is 45.1 Å². The lowest BCUT2D eigenvalue weighted by Crippen LogP contribution is -2.31. The Balaban J connectivity index is 1.70. The van der Waals surface area contributed by atoms with Gasteiger partial charge in [-0.15, -0.1) is 11.3 Å². The summed E-state index contributed by atoms with van der Waals surface area (Å²) in [5.41, 5.74) is 2.39. The number of hydrogen-bond donors (Lipinski definition) is 1. The van der Waals surface area contributed by atoms with E-state index in [0.29, 0.717) is 22.2 Å². The third-order valence-electron chi connectivity index (χ3n) is 5.84. The van der Waals surface area contributed by atoms with Crippen LogP contribution in [0.3, 0.4) is 0 Å². The fourth-order valence-electron chi connectivity index (χ4n) is 4.06. The fraction of sp³-hybridized carbons (Fsp3) is 0.308. The van der Waals surface area contributed by atoms with E-state index in [4.69, 9.17) is 9.47 Å². The molecule has 0 spiro atoms. The average molecular weight is 538 g/mol. The number of hydrogen-bond acceptors (Lipinski definition) is 9. The number of rotatable bonds is 8. The number of ether oxygens (including phenoxy) is 2. The average Bonchev–Trinajstić information content (AvgIpc) is 3.45. The predicted octanol–water partition coefficient (Wildman–Crippen LogP) is 3.56. The van der Waals surface area contributed by atoms with E-state index in [-0.39, 0.29) is 28.7 Å². The molecule has 0 saturated heterocycles. The molecule has 38 heavy (non-hydrogen) atoms. The van der Waals surface area contributed by atoms with E-state index in [2.05, 4.69) is 15.5 Å². The molecule has 3 heterocycles. The topological polar surface area (TPSA) is 134 Å². The third kappa shape index (κ3) is 4.94. The number of para-hydroxylation sites is 1. The van der Waals surface area contributed by atoms with Crippen molar-refractivity contribution in [3.05, 3.63) is 68.1 Å². The van der Waals surface area contributed by atoms with Crippen molar-refractivity contribution < 1.29 is 23.9 Å². The van der Waals surface area contributed by atoms with Crippen molar-refractivity contribution in [3.63, 3.8) is 0 Å². The highest BCUT2D eigenvalue weighted by Crippen LogP contribution is 2.34. The number of nitrogens with one attached hydrogen (secondary N) is 1. The molecule has 0 aliphatic rings. The minimum Gasteiger partial charge on any atom is -0.462 e. The Morgan fingerprint density at radius 1 is 1.03 bits per heavy atom. The smallest absolute Gasteiger partial charge is 0.348 e. The number of carbonyl (C=O) groups is 3. The molecule has 0 bridgehead atoms. The summed E-state index contributed by atoms with van der Waals surface area (Å²) in [6, 6.07) is 7.51. The van der Waals surface area contributed by atoms with Gasteiger partial charge in [0.15, 0.2) is 0 Å². The van der Waals surface area contributed by atoms with E-state index in [9.17, 15) is 19.2 Å². The Morgan fingerprint density at radius 3 is 2.39 bits per heavy atom. The van der Waals surface area contributed by atoms with Gasteiger partial charge >= 0.3 is 11.9 Å². The van der Waals surface area contributed by atoms with Crippen LogP contribution in [0, 0.1) is 20.8 Å². The van der Waals surface area contributed by atoms with Crippen molar-refractivity contribution in [1.29, 1.82) is 0 Å². The third-order valence-corrected chi connectivity index (χ3v) is 7.03. The highest BCUT2D eigenvalue weighted by Gasteiger charge is 2.27. The summed E-state index contributed by atoms with van der Waals surface area (Å²) in [7, 11) is 0. The number of esters is 2. The molecule has 4 rings (SSSR count). The van der Waals surface area contributed by atoms with Crippen LogP contribution in [0.1, 0.15) is 50.7 Å². The Morgan fingerprint density at radius 2 is 1.71 bits per heavy atom. The van der Waals surface area contributed by atoms with Crippen LogP contribution in [0.2, 0.25) is 0 Å². The summed E-state index contributed by atoms with van der Waals surface area (Å²) in [6.07, 6.45) is 1.58. The zero-order valence-corrected chi connectivity index (χ0v) is 22.5. The van der Waals surface area contributed by atoms with Crippen molar-refractivity contribution in [1.82, 2.24) is 19.6 Å². The van der Waals surface area contributed by atoms with Crippen LogP contribution in [-0.2, 0) is 20.8 Å². The zero-order chi connectivity index (χ0) is 27.6. The summed E-state index contributed by atoms with van der Waals surface area (Å²) in [5.74, 6) is -1.89. The molecule has 0 radical (unpaired) electrons. The molecule has 198 valence electrons. The summed E-state index contributed by atoms with van der Waals surface area (Å²) < 4.78 is 12.8. The van der Waals surface area contributed by atoms with E-state index >= 15 is 0 Å². The molecule has 0 saturated carbocycles. The quantitative estimate of drug-likeness (QED) is 0.337. The van der Waals surface area contributed by atoms with Crippen LogP contribution in [0.15, 0.2) is 35.3 Å². The van der Waals surface area contributed by atoms with Gasteiger partial charge in [-0.1, -0.05) is 18.2 Å². The highest BCUT2D eigenvalue weighted by molar-refractivity contribution is 7.18. The molecule has 0 fully saturated rings. The Bertz CT molecular complexity index is 1620. The van der Waals surface area contributed by atoms with Crippen LogP contribution < -0.4 is 10.9 Å². The molecule has 1 amide bonds. The van der Waals surface area contributed by atoms with Gasteiger partial charge in [0.2, 0.25) is 5.91 Å². The van der Waals surface area contributed by atoms with E-state index in [1.165, 1.54) is 0 Å². The van der Waals surface area contributed by atoms with E-state index in [1.54, 1.807) is 38.6 Å². The number of aryl methyl sites for hydroxylation is 2. The van der Waals surface area contributed by atoms with Crippen LogP contribution in [0.25, 0.3) is 16.6 Å². The van der Waals surface area contributed by atoms with E-state index < -0.39 is 29.9 Å². The van der Waals surface area contributed by atoms with Gasteiger partial charge in [0, 0.05) is 5.39 Å². The van der Waals surface area contributed by atoms with Gasteiger partial charge < -0.3 is 14.8 Å². The molecule has 0 aliphatic heterocycles. The Hall–Kier alpha value is -4.32. The van der Waals surface area contributed by atoms with Crippen molar-refractivity contribution in [2.24, 2.45) is 0 Å². The molecule has 4 aromatic rings. The lowest BCUT2D eigenvalue weighted by molar-refractivity contribution is -0.117. The van der Waals surface area contributed by atoms with Crippen molar-refractivity contribution in [2.75, 3.05) is 18.5 Å². The predicted molar refractivity (Wildman–Crippen MR) is 142 cm³/mol. The zero-order valence-electron chi connectivity index (χ0n) is 21.7. The molecule has 11 nitrogen and oxygen atoms in total. The molecule has 12 heteroatoms. The first kappa shape index (κ1) is 26.7. The van der Waals surface area contributed by atoms with Gasteiger partial charge in [-0.05, 0) is 51.8 Å². The van der Waals surface area contributed by atoms with Gasteiger partial charge in [-0.2, -0.15) is 10.2 Å². The molecule has 1 N–H and O–H groups in total. The van der Waals surface area contributed by atoms with Crippen LogP contribution in [0.4, 0.5) is 5.00 Å². The van der Waals surface area contributed by atoms with Gasteiger partial charge in [-0.25, -0.2) is 19.0 Å². The number of amides is 1. The lowest BCUT2D eigenvalue weighted by Gasteiger charge is -2.10. The first-order valence-corrected chi connectivity index (χ1v) is 12.8. The van der Waals surface area contributed by atoms with E-state index in [0.717, 1.165) is 27.3 Å². The van der Waals surface area contributed by atoms with Gasteiger partial charge in [0.1, 0.15) is 21.9 Å². The summed E-state index contributed by atoms with van der Waals surface area (Å²) in [5, 5.41) is 12.1. The summed E-state index contributed by atoms with van der Waals surface area (Å²) >= 11 is 0.911. The number of nitrogens with zero attached hydrogens (tertiary/aromatic N) is 4. The van der Waals surface area contributed by atoms with Crippen LogP contribution in [0.5, 0.6) is 0 Å². The molecule has 0 atom stereocenters. The van der Waals surface area contributed by atoms with Gasteiger partial charge in [0.05, 0.1) is 36.4 Å².